The van der Waals surface area contributed by atoms with Crippen LogP contribution >= 0.6 is 0 Å². The van der Waals surface area contributed by atoms with Gasteiger partial charge in [0.25, 0.3) is 0 Å². The van der Waals surface area contributed by atoms with Crippen molar-refractivity contribution in [1.29, 1.82) is 0 Å². The van der Waals surface area contributed by atoms with Crippen molar-refractivity contribution in [2.24, 2.45) is 0 Å². The number of hydrogen-bond donors (Lipinski definition) is 1. The largest absolute Gasteiger partial charge is 0.355 e. The normalized spacial score (nSPS) is 11.2. The first kappa shape index (κ1) is 17.6. The van der Waals surface area contributed by atoms with E-state index in [1.165, 1.54) is 10.8 Å². The second-order valence-electron chi connectivity index (χ2n) is 7.63. The quantitative estimate of drug-likeness (QED) is 0.346. The summed E-state index contributed by atoms with van der Waals surface area (Å²) in [6, 6.07) is 37.4. The number of hydrogen-bond acceptors (Lipinski definition) is 2. The van der Waals surface area contributed by atoms with E-state index in [0.29, 0.717) is 0 Å². The predicted molar refractivity (Wildman–Crippen MR) is 128 cm³/mol. The molecule has 1 N–H and O–H groups in total. The number of para-hydroxylation sites is 1. The molecule has 31 heavy (non-hydrogen) atoms. The number of rotatable bonds is 3. The van der Waals surface area contributed by atoms with Crippen molar-refractivity contribution < 1.29 is 0 Å². The van der Waals surface area contributed by atoms with Gasteiger partial charge in [0.05, 0.1) is 11.4 Å². The predicted octanol–water partition coefficient (Wildman–Crippen LogP) is 7.11. The highest BCUT2D eigenvalue weighted by atomic mass is 14.9. The smallest absolute Gasteiger partial charge is 0.160 e. The topological polar surface area (TPSA) is 41.6 Å². The Labute approximate surface area is 180 Å². The molecular weight excluding hydrogens is 378 g/mol. The molecule has 2 aromatic heterocycles. The minimum Gasteiger partial charge on any atom is -0.355 e. The number of fused-ring (bicyclic) bond motifs is 3. The lowest BCUT2D eigenvalue weighted by Crippen LogP contribution is -1.95. The van der Waals surface area contributed by atoms with E-state index < -0.39 is 0 Å². The Morgan fingerprint density at radius 3 is 1.84 bits per heavy atom. The molecule has 0 fully saturated rings. The lowest BCUT2D eigenvalue weighted by atomic mass is 10.0. The van der Waals surface area contributed by atoms with Crippen molar-refractivity contribution in [3.63, 3.8) is 0 Å². The molecule has 0 aliphatic carbocycles. The number of benzene rings is 4. The van der Waals surface area contributed by atoms with Gasteiger partial charge in [-0.3, -0.25) is 0 Å². The highest BCUT2D eigenvalue weighted by molar-refractivity contribution is 6.08. The van der Waals surface area contributed by atoms with Crippen LogP contribution in [-0.2, 0) is 0 Å². The highest BCUT2D eigenvalue weighted by Gasteiger charge is 2.12. The molecule has 0 aliphatic heterocycles. The fourth-order valence-corrected chi connectivity index (χ4v) is 4.08. The van der Waals surface area contributed by atoms with Crippen LogP contribution in [0, 0.1) is 0 Å². The van der Waals surface area contributed by atoms with E-state index >= 15 is 0 Å². The molecule has 6 rings (SSSR count). The monoisotopic (exact) mass is 397 g/mol. The van der Waals surface area contributed by atoms with Crippen LogP contribution in [0.4, 0.5) is 0 Å². The maximum absolute atomic E-state index is 4.95. The maximum Gasteiger partial charge on any atom is 0.160 e. The Morgan fingerprint density at radius 1 is 0.452 bits per heavy atom. The fourth-order valence-electron chi connectivity index (χ4n) is 4.08. The first-order chi connectivity index (χ1) is 15.3. The zero-order valence-electron chi connectivity index (χ0n) is 16.8. The van der Waals surface area contributed by atoms with Gasteiger partial charge >= 0.3 is 0 Å². The minimum atomic E-state index is 0.732. The summed E-state index contributed by atoms with van der Waals surface area (Å²) in [5, 5.41) is 2.43. The summed E-state index contributed by atoms with van der Waals surface area (Å²) in [7, 11) is 0. The molecule has 0 bridgehead atoms. The molecule has 0 aliphatic rings. The van der Waals surface area contributed by atoms with Crippen LogP contribution in [0.3, 0.4) is 0 Å². The van der Waals surface area contributed by atoms with Crippen LogP contribution in [0.2, 0.25) is 0 Å². The molecule has 0 saturated carbocycles. The molecule has 6 aromatic rings. The minimum absolute atomic E-state index is 0.732. The molecular formula is C28H19N3. The van der Waals surface area contributed by atoms with Gasteiger partial charge in [0.1, 0.15) is 0 Å². The Kier molecular flexibility index (Phi) is 4.10. The van der Waals surface area contributed by atoms with Gasteiger partial charge in [-0.2, -0.15) is 0 Å². The van der Waals surface area contributed by atoms with Crippen molar-refractivity contribution in [3.05, 3.63) is 109 Å². The molecule has 0 unspecified atom stereocenters. The first-order valence-electron chi connectivity index (χ1n) is 10.4. The molecule has 0 amide bonds. The van der Waals surface area contributed by atoms with E-state index in [-0.39, 0.29) is 0 Å². The Hall–Kier alpha value is -4.24. The summed E-state index contributed by atoms with van der Waals surface area (Å²) in [5.74, 6) is 0.732. The van der Waals surface area contributed by atoms with Gasteiger partial charge in [-0.1, -0.05) is 84.9 Å². The second-order valence-corrected chi connectivity index (χ2v) is 7.63. The third-order valence-corrected chi connectivity index (χ3v) is 5.63. The number of aromatic amines is 1. The molecule has 0 radical (unpaired) electrons. The number of nitrogens with zero attached hydrogens (tertiary/aromatic N) is 2. The lowest BCUT2D eigenvalue weighted by Gasteiger charge is -2.09. The van der Waals surface area contributed by atoms with Crippen molar-refractivity contribution in [3.8, 4) is 33.9 Å². The van der Waals surface area contributed by atoms with Crippen LogP contribution in [0.1, 0.15) is 0 Å². The van der Waals surface area contributed by atoms with Crippen molar-refractivity contribution in [1.82, 2.24) is 15.0 Å². The number of aromatic nitrogens is 3. The maximum atomic E-state index is 4.95. The SMILES string of the molecule is c1ccc(-c2cc(-c3ccc4[nH]c5ccccc5c4c3)nc(-c3ccccc3)n2)cc1. The lowest BCUT2D eigenvalue weighted by molar-refractivity contribution is 1.18. The number of nitrogens with one attached hydrogen (secondary N) is 1. The van der Waals surface area contributed by atoms with Gasteiger partial charge in [-0.05, 0) is 24.3 Å². The molecule has 2 heterocycles. The highest BCUT2D eigenvalue weighted by Crippen LogP contribution is 2.32. The van der Waals surface area contributed by atoms with E-state index in [0.717, 1.165) is 44.9 Å². The van der Waals surface area contributed by atoms with Crippen LogP contribution in [0.5, 0.6) is 0 Å². The summed E-state index contributed by atoms with van der Waals surface area (Å²) in [5.41, 5.74) is 7.28. The van der Waals surface area contributed by atoms with Crippen LogP contribution in [0.15, 0.2) is 109 Å². The molecule has 0 atom stereocenters. The van der Waals surface area contributed by atoms with Gasteiger partial charge in [0.2, 0.25) is 0 Å². The molecule has 4 aromatic carbocycles. The second kappa shape index (κ2) is 7.22. The molecule has 3 nitrogen and oxygen atoms in total. The Bertz CT molecular complexity index is 1460. The standard InChI is InChI=1S/C28H19N3/c1-3-9-19(10-4-1)26-18-27(31-28(30-26)20-11-5-2-6-12-20)21-15-16-25-23(17-21)22-13-7-8-14-24(22)29-25/h1-18,29H. The summed E-state index contributed by atoms with van der Waals surface area (Å²) < 4.78 is 0. The van der Waals surface area contributed by atoms with Crippen LogP contribution in [-0.4, -0.2) is 15.0 Å². The van der Waals surface area contributed by atoms with Gasteiger partial charge in [-0.25, -0.2) is 9.97 Å². The zero-order valence-corrected chi connectivity index (χ0v) is 16.8. The molecule has 146 valence electrons. The van der Waals surface area contributed by atoms with E-state index in [2.05, 4.69) is 77.8 Å². The van der Waals surface area contributed by atoms with E-state index in [4.69, 9.17) is 9.97 Å². The summed E-state index contributed by atoms with van der Waals surface area (Å²) in [6.07, 6.45) is 0. The fraction of sp³-hybridized carbons (Fsp3) is 0. The average Bonchev–Trinajstić information content (AvgIpc) is 3.23. The van der Waals surface area contributed by atoms with E-state index in [1.807, 2.05) is 36.4 Å². The van der Waals surface area contributed by atoms with Crippen molar-refractivity contribution in [2.45, 2.75) is 0 Å². The van der Waals surface area contributed by atoms with Crippen molar-refractivity contribution >= 4 is 21.8 Å². The summed E-state index contributed by atoms with van der Waals surface area (Å²) in [6.45, 7) is 0. The Morgan fingerprint density at radius 2 is 1.06 bits per heavy atom. The van der Waals surface area contributed by atoms with Crippen LogP contribution in [0.25, 0.3) is 55.7 Å². The zero-order chi connectivity index (χ0) is 20.6. The molecule has 0 spiro atoms. The third kappa shape index (κ3) is 3.17. The summed E-state index contributed by atoms with van der Waals surface area (Å²) >= 11 is 0. The van der Waals surface area contributed by atoms with Gasteiger partial charge < -0.3 is 4.98 Å². The Balaban J connectivity index is 1.58. The molecule has 0 saturated heterocycles. The van der Waals surface area contributed by atoms with Gasteiger partial charge in [0, 0.05) is 38.5 Å². The van der Waals surface area contributed by atoms with Gasteiger partial charge in [-0.15, -0.1) is 0 Å². The van der Waals surface area contributed by atoms with E-state index in [9.17, 15) is 0 Å². The third-order valence-electron chi connectivity index (χ3n) is 5.63. The average molecular weight is 397 g/mol. The molecule has 3 heteroatoms. The first-order valence-corrected chi connectivity index (χ1v) is 10.4. The van der Waals surface area contributed by atoms with Crippen LogP contribution < -0.4 is 0 Å². The van der Waals surface area contributed by atoms with Crippen molar-refractivity contribution in [2.75, 3.05) is 0 Å². The number of H-pyrrole nitrogens is 1. The van der Waals surface area contributed by atoms with Gasteiger partial charge in [0.15, 0.2) is 5.82 Å². The summed E-state index contributed by atoms with van der Waals surface area (Å²) in [4.78, 5) is 13.3. The van der Waals surface area contributed by atoms with E-state index in [1.54, 1.807) is 0 Å².